The molecule has 0 aliphatic rings. The second-order valence-electron chi connectivity index (χ2n) is 3.75. The minimum Gasteiger partial charge on any atom is -0.352 e. The Morgan fingerprint density at radius 2 is 1.93 bits per heavy atom. The Morgan fingerprint density at radius 1 is 1.29 bits per heavy atom. The number of carbonyl (C=O) groups excluding carboxylic acids is 1. The Kier molecular flexibility index (Phi) is 8.64. The first-order valence-electron chi connectivity index (χ1n) is 5.74. The number of hydrogen-bond donors (Lipinski definition) is 2. The first-order valence-corrected chi connectivity index (χ1v) is 5.74. The Bertz CT molecular complexity index is 148. The smallest absolute Gasteiger partial charge is 0.220 e. The lowest BCUT2D eigenvalue weighted by Gasteiger charge is -2.16. The van der Waals surface area contributed by atoms with Crippen molar-refractivity contribution in [2.24, 2.45) is 5.73 Å². The van der Waals surface area contributed by atoms with E-state index in [1.807, 2.05) is 0 Å². The van der Waals surface area contributed by atoms with Gasteiger partial charge in [0.25, 0.3) is 0 Å². The second-order valence-corrected chi connectivity index (χ2v) is 3.75. The van der Waals surface area contributed by atoms with Gasteiger partial charge in [0.15, 0.2) is 0 Å². The van der Waals surface area contributed by atoms with Crippen molar-refractivity contribution in [1.82, 2.24) is 5.32 Å². The predicted octanol–water partition coefficient (Wildman–Crippen LogP) is 1.81. The lowest BCUT2D eigenvalue weighted by molar-refractivity contribution is -0.121. The third-order valence-electron chi connectivity index (χ3n) is 2.31. The number of carbonyl (C=O) groups is 1. The number of amides is 1. The minimum absolute atomic E-state index is 0.151. The monoisotopic (exact) mass is 200 g/mol. The molecular weight excluding hydrogens is 176 g/mol. The zero-order valence-electron chi connectivity index (χ0n) is 9.51. The lowest BCUT2D eigenvalue weighted by Crippen LogP contribution is -2.40. The molecule has 1 atom stereocenters. The van der Waals surface area contributed by atoms with Gasteiger partial charge in [0.05, 0.1) is 0 Å². The molecule has 0 heterocycles. The van der Waals surface area contributed by atoms with Gasteiger partial charge in [-0.1, -0.05) is 33.1 Å². The first-order chi connectivity index (χ1) is 6.74. The van der Waals surface area contributed by atoms with Crippen LogP contribution in [0, 0.1) is 0 Å². The summed E-state index contributed by atoms with van der Waals surface area (Å²) in [6, 6.07) is 0.180. The van der Waals surface area contributed by atoms with E-state index in [9.17, 15) is 4.79 Å². The number of nitrogens with two attached hydrogens (primary N) is 1. The maximum atomic E-state index is 11.4. The molecule has 0 aliphatic carbocycles. The summed E-state index contributed by atoms with van der Waals surface area (Å²) in [6.07, 6.45) is 5.97. The van der Waals surface area contributed by atoms with Crippen LogP contribution in [-0.4, -0.2) is 18.5 Å². The summed E-state index contributed by atoms with van der Waals surface area (Å²) < 4.78 is 0. The lowest BCUT2D eigenvalue weighted by atomic mass is 10.1. The molecule has 0 aromatic rings. The van der Waals surface area contributed by atoms with E-state index in [1.165, 1.54) is 0 Å². The molecule has 0 aromatic carbocycles. The van der Waals surface area contributed by atoms with Gasteiger partial charge in [0.1, 0.15) is 0 Å². The fourth-order valence-electron chi connectivity index (χ4n) is 1.34. The summed E-state index contributed by atoms with van der Waals surface area (Å²) in [5.41, 5.74) is 5.58. The molecule has 3 heteroatoms. The fraction of sp³-hybridized carbons (Fsp3) is 0.909. The van der Waals surface area contributed by atoms with E-state index < -0.39 is 0 Å². The van der Waals surface area contributed by atoms with E-state index in [4.69, 9.17) is 5.73 Å². The van der Waals surface area contributed by atoms with Crippen LogP contribution in [0.5, 0.6) is 0 Å². The topological polar surface area (TPSA) is 55.1 Å². The third-order valence-corrected chi connectivity index (χ3v) is 2.31. The molecule has 1 unspecified atom stereocenters. The van der Waals surface area contributed by atoms with Crippen LogP contribution in [0.2, 0.25) is 0 Å². The van der Waals surface area contributed by atoms with E-state index >= 15 is 0 Å². The highest BCUT2D eigenvalue weighted by atomic mass is 16.1. The van der Waals surface area contributed by atoms with E-state index in [-0.39, 0.29) is 11.9 Å². The van der Waals surface area contributed by atoms with Crippen molar-refractivity contribution in [1.29, 1.82) is 0 Å². The zero-order valence-corrected chi connectivity index (χ0v) is 9.51. The highest BCUT2D eigenvalue weighted by Crippen LogP contribution is 2.00. The molecule has 0 spiro atoms. The van der Waals surface area contributed by atoms with Crippen LogP contribution in [0.1, 0.15) is 52.4 Å². The highest BCUT2D eigenvalue weighted by molar-refractivity contribution is 5.76. The Morgan fingerprint density at radius 3 is 2.43 bits per heavy atom. The Hall–Kier alpha value is -0.570. The van der Waals surface area contributed by atoms with Gasteiger partial charge in [-0.15, -0.1) is 0 Å². The number of nitrogens with one attached hydrogen (secondary N) is 1. The van der Waals surface area contributed by atoms with Gasteiger partial charge in [-0.25, -0.2) is 0 Å². The summed E-state index contributed by atoms with van der Waals surface area (Å²) in [5.74, 6) is 0.151. The van der Waals surface area contributed by atoms with Gasteiger partial charge in [0.2, 0.25) is 5.91 Å². The molecule has 0 aliphatic heterocycles. The van der Waals surface area contributed by atoms with E-state index in [2.05, 4.69) is 19.2 Å². The van der Waals surface area contributed by atoms with Gasteiger partial charge in [0, 0.05) is 19.0 Å². The SMILES string of the molecule is CCCCC(=O)NC(CN)CCCC. The van der Waals surface area contributed by atoms with Gasteiger partial charge >= 0.3 is 0 Å². The average Bonchev–Trinajstić information content (AvgIpc) is 2.21. The van der Waals surface area contributed by atoms with Crippen molar-refractivity contribution in [2.75, 3.05) is 6.54 Å². The molecule has 0 aromatic heterocycles. The fourth-order valence-corrected chi connectivity index (χ4v) is 1.34. The molecule has 0 saturated carbocycles. The molecule has 3 nitrogen and oxygen atoms in total. The summed E-state index contributed by atoms with van der Waals surface area (Å²) in [5, 5.41) is 2.97. The summed E-state index contributed by atoms with van der Waals surface area (Å²) >= 11 is 0. The molecule has 84 valence electrons. The maximum Gasteiger partial charge on any atom is 0.220 e. The van der Waals surface area contributed by atoms with Crippen molar-refractivity contribution >= 4 is 5.91 Å². The van der Waals surface area contributed by atoms with Crippen LogP contribution in [0.15, 0.2) is 0 Å². The van der Waals surface area contributed by atoms with Crippen molar-refractivity contribution in [2.45, 2.75) is 58.4 Å². The van der Waals surface area contributed by atoms with Crippen LogP contribution in [0.3, 0.4) is 0 Å². The molecule has 0 radical (unpaired) electrons. The van der Waals surface area contributed by atoms with Gasteiger partial charge in [-0.3, -0.25) is 4.79 Å². The molecule has 0 fully saturated rings. The summed E-state index contributed by atoms with van der Waals surface area (Å²) in [7, 11) is 0. The van der Waals surface area contributed by atoms with Crippen molar-refractivity contribution in [3.63, 3.8) is 0 Å². The molecule has 0 bridgehead atoms. The zero-order chi connectivity index (χ0) is 10.8. The maximum absolute atomic E-state index is 11.4. The standard InChI is InChI=1S/C11H24N2O/c1-3-5-7-10(9-12)13-11(14)8-6-4-2/h10H,3-9,12H2,1-2H3,(H,13,14). The molecular formula is C11H24N2O. The van der Waals surface area contributed by atoms with Crippen LogP contribution in [-0.2, 0) is 4.79 Å². The van der Waals surface area contributed by atoms with Gasteiger partial charge < -0.3 is 11.1 Å². The van der Waals surface area contributed by atoms with Crippen molar-refractivity contribution in [3.05, 3.63) is 0 Å². The molecule has 3 N–H and O–H groups in total. The minimum atomic E-state index is 0.151. The largest absolute Gasteiger partial charge is 0.352 e. The van der Waals surface area contributed by atoms with Crippen LogP contribution >= 0.6 is 0 Å². The first kappa shape index (κ1) is 13.4. The summed E-state index contributed by atoms with van der Waals surface area (Å²) in [6.45, 7) is 4.79. The second kappa shape index (κ2) is 9.00. The Labute approximate surface area is 87.4 Å². The number of rotatable bonds is 8. The summed E-state index contributed by atoms with van der Waals surface area (Å²) in [4.78, 5) is 11.4. The highest BCUT2D eigenvalue weighted by Gasteiger charge is 2.08. The van der Waals surface area contributed by atoms with Gasteiger partial charge in [-0.2, -0.15) is 0 Å². The molecule has 14 heavy (non-hydrogen) atoms. The van der Waals surface area contributed by atoms with Crippen molar-refractivity contribution < 1.29 is 4.79 Å². The predicted molar refractivity (Wildman–Crippen MR) is 60.0 cm³/mol. The van der Waals surface area contributed by atoms with Gasteiger partial charge in [-0.05, 0) is 12.8 Å². The van der Waals surface area contributed by atoms with E-state index in [0.29, 0.717) is 13.0 Å². The quantitative estimate of drug-likeness (QED) is 0.628. The third kappa shape index (κ3) is 6.89. The van der Waals surface area contributed by atoms with E-state index in [0.717, 1.165) is 32.1 Å². The average molecular weight is 200 g/mol. The van der Waals surface area contributed by atoms with E-state index in [1.54, 1.807) is 0 Å². The van der Waals surface area contributed by atoms with Crippen LogP contribution in [0.4, 0.5) is 0 Å². The van der Waals surface area contributed by atoms with Crippen LogP contribution < -0.4 is 11.1 Å². The number of unbranched alkanes of at least 4 members (excludes halogenated alkanes) is 2. The number of hydrogen-bond acceptors (Lipinski definition) is 2. The van der Waals surface area contributed by atoms with Crippen molar-refractivity contribution in [3.8, 4) is 0 Å². The Balaban J connectivity index is 3.62. The molecule has 1 amide bonds. The molecule has 0 saturated heterocycles. The normalized spacial score (nSPS) is 12.5. The molecule has 0 rings (SSSR count). The van der Waals surface area contributed by atoms with Crippen LogP contribution in [0.25, 0.3) is 0 Å².